The predicted octanol–water partition coefficient (Wildman–Crippen LogP) is 3.85. The van der Waals surface area contributed by atoms with E-state index in [0.29, 0.717) is 53.1 Å². The van der Waals surface area contributed by atoms with Crippen LogP contribution in [0.5, 0.6) is 0 Å². The van der Waals surface area contributed by atoms with Gasteiger partial charge in [0, 0.05) is 37.0 Å². The van der Waals surface area contributed by atoms with Crippen LogP contribution in [-0.4, -0.2) is 56.6 Å². The molecule has 0 saturated carbocycles. The molecule has 0 saturated heterocycles. The third kappa shape index (κ3) is 8.03. The van der Waals surface area contributed by atoms with Crippen molar-refractivity contribution in [2.45, 2.75) is 45.6 Å². The number of hydrogen-bond donors (Lipinski definition) is 2. The lowest BCUT2D eigenvalue weighted by Gasteiger charge is -2.18. The van der Waals surface area contributed by atoms with E-state index in [1.165, 1.54) is 16.6 Å². The number of halogens is 1. The van der Waals surface area contributed by atoms with Gasteiger partial charge in [-0.05, 0) is 62.1 Å². The van der Waals surface area contributed by atoms with Gasteiger partial charge in [-0.15, -0.1) is 30.8 Å². The number of terminal acetylenes is 2. The van der Waals surface area contributed by atoms with E-state index in [9.17, 15) is 14.0 Å². The van der Waals surface area contributed by atoms with E-state index in [-0.39, 0.29) is 30.1 Å². The zero-order valence-corrected chi connectivity index (χ0v) is 24.1. The first-order valence-corrected chi connectivity index (χ1v) is 13.2. The van der Waals surface area contributed by atoms with Crippen molar-refractivity contribution in [2.75, 3.05) is 25.9 Å². The number of fused-ring (bicyclic) bond motifs is 3. The van der Waals surface area contributed by atoms with Crippen molar-refractivity contribution in [2.24, 2.45) is 5.73 Å². The summed E-state index contributed by atoms with van der Waals surface area (Å²) in [6, 6.07) is 9.27. The Balaban J connectivity index is 0.00000148. The molecule has 2 aromatic carbocycles. The van der Waals surface area contributed by atoms with Crippen LogP contribution in [0, 0.1) is 38.4 Å². The molecular weight excluding hydrogens is 537 g/mol. The molecule has 42 heavy (non-hydrogen) atoms. The van der Waals surface area contributed by atoms with Gasteiger partial charge < -0.3 is 21.1 Å². The zero-order valence-electron chi connectivity index (χ0n) is 24.1. The number of aryl methyl sites for hydroxylation is 2. The predicted molar refractivity (Wildman–Crippen MR) is 162 cm³/mol. The maximum absolute atomic E-state index is 14.0. The van der Waals surface area contributed by atoms with Crippen LogP contribution >= 0.6 is 0 Å². The highest BCUT2D eigenvalue weighted by atomic mass is 19.1. The Bertz CT molecular complexity index is 1560. The first kappa shape index (κ1) is 33.2. The third-order valence-electron chi connectivity index (χ3n) is 6.37. The summed E-state index contributed by atoms with van der Waals surface area (Å²) < 4.78 is 20.4. The lowest BCUT2D eigenvalue weighted by atomic mass is 10.0. The van der Waals surface area contributed by atoms with Gasteiger partial charge in [-0.1, -0.05) is 12.1 Å². The Kier molecular flexibility index (Phi) is 12.4. The topological polar surface area (TPSA) is 142 Å². The number of nitrogen functional groups attached to an aromatic ring is 1. The summed E-state index contributed by atoms with van der Waals surface area (Å²) in [6.45, 7) is 4.38. The summed E-state index contributed by atoms with van der Waals surface area (Å²) in [5.41, 5.74) is 15.2. The number of hydrogen-bond acceptors (Lipinski definition) is 8. The SMILES string of the molecule is C#C.C#C.CCOC(=O)CC(N)c1ccc(C(=O)N(C)CCCCc2nc3c4cc(F)cc(C)c4nc(N)n3n2)cc1. The molecule has 2 aromatic heterocycles. The van der Waals surface area contributed by atoms with Crippen LogP contribution in [0.4, 0.5) is 10.3 Å². The maximum Gasteiger partial charge on any atom is 0.307 e. The van der Waals surface area contributed by atoms with Crippen LogP contribution in [0.25, 0.3) is 16.6 Å². The lowest BCUT2D eigenvalue weighted by molar-refractivity contribution is -0.143. The fraction of sp³-hybridized carbons (Fsp3) is 0.323. The Labute approximate surface area is 245 Å². The maximum atomic E-state index is 14.0. The Morgan fingerprint density at radius 2 is 1.76 bits per heavy atom. The van der Waals surface area contributed by atoms with Crippen molar-refractivity contribution < 1.29 is 18.7 Å². The lowest BCUT2D eigenvalue weighted by Crippen LogP contribution is -2.28. The van der Waals surface area contributed by atoms with Crippen molar-refractivity contribution in [3.63, 3.8) is 0 Å². The summed E-state index contributed by atoms with van der Waals surface area (Å²) in [4.78, 5) is 35.1. The normalized spacial score (nSPS) is 11.1. The number of anilines is 1. The first-order valence-electron chi connectivity index (χ1n) is 13.2. The standard InChI is InChI=1S/C27H32FN7O3.2C2H2/c1-4-38-23(36)15-21(29)17-8-10-18(11-9-17)26(37)34(3)12-6-5-7-22-31-25-20-14-19(28)13-16(2)24(20)32-27(30)35(25)33-22;2*1-2/h8-11,13-14,21H,4-7,12,15,29H2,1-3H3,(H2,30,32);2*1-2H. The second-order valence-electron chi connectivity index (χ2n) is 9.27. The summed E-state index contributed by atoms with van der Waals surface area (Å²) in [5, 5.41) is 5.01. The molecule has 0 aliphatic rings. The number of unbranched alkanes of at least 4 members (excludes halogenated alkanes) is 1. The van der Waals surface area contributed by atoms with Gasteiger partial charge in [-0.25, -0.2) is 14.4 Å². The Morgan fingerprint density at radius 1 is 1.10 bits per heavy atom. The number of carbonyl (C=O) groups is 2. The van der Waals surface area contributed by atoms with E-state index in [0.717, 1.165) is 18.4 Å². The van der Waals surface area contributed by atoms with E-state index in [1.807, 2.05) is 0 Å². The molecule has 4 N–H and O–H groups in total. The minimum Gasteiger partial charge on any atom is -0.466 e. The molecule has 2 heterocycles. The van der Waals surface area contributed by atoms with Gasteiger partial charge in [0.15, 0.2) is 11.5 Å². The molecule has 0 fully saturated rings. The molecule has 4 aromatic rings. The molecule has 1 unspecified atom stereocenters. The van der Waals surface area contributed by atoms with Crippen LogP contribution in [0.2, 0.25) is 0 Å². The highest BCUT2D eigenvalue weighted by Gasteiger charge is 2.17. The molecule has 1 atom stereocenters. The Hall–Kier alpha value is -5.00. The molecule has 0 aliphatic heterocycles. The quantitative estimate of drug-likeness (QED) is 0.166. The summed E-state index contributed by atoms with van der Waals surface area (Å²) in [6.07, 6.45) is 18.1. The number of amides is 1. The minimum absolute atomic E-state index is 0.0814. The summed E-state index contributed by atoms with van der Waals surface area (Å²) >= 11 is 0. The van der Waals surface area contributed by atoms with Gasteiger partial charge in [-0.2, -0.15) is 4.52 Å². The van der Waals surface area contributed by atoms with Crippen LogP contribution < -0.4 is 11.5 Å². The molecule has 11 heteroatoms. The number of rotatable bonds is 10. The molecule has 0 radical (unpaired) electrons. The molecule has 220 valence electrons. The van der Waals surface area contributed by atoms with Gasteiger partial charge >= 0.3 is 5.97 Å². The smallest absolute Gasteiger partial charge is 0.307 e. The summed E-state index contributed by atoms with van der Waals surface area (Å²) in [5.74, 6) is -0.0500. The van der Waals surface area contributed by atoms with Crippen molar-refractivity contribution in [1.82, 2.24) is 24.5 Å². The van der Waals surface area contributed by atoms with E-state index in [2.05, 4.69) is 40.8 Å². The van der Waals surface area contributed by atoms with Gasteiger partial charge in [-0.3, -0.25) is 9.59 Å². The van der Waals surface area contributed by atoms with Crippen molar-refractivity contribution >= 4 is 34.4 Å². The van der Waals surface area contributed by atoms with Crippen LogP contribution in [0.3, 0.4) is 0 Å². The highest BCUT2D eigenvalue weighted by Crippen LogP contribution is 2.24. The molecule has 0 spiro atoms. The zero-order chi connectivity index (χ0) is 31.4. The van der Waals surface area contributed by atoms with Crippen molar-refractivity contribution in [1.29, 1.82) is 0 Å². The van der Waals surface area contributed by atoms with Crippen LogP contribution in [0.1, 0.15) is 59.5 Å². The fourth-order valence-corrected chi connectivity index (χ4v) is 4.36. The van der Waals surface area contributed by atoms with Gasteiger partial charge in [0.2, 0.25) is 5.95 Å². The molecule has 0 aliphatic carbocycles. The second kappa shape index (κ2) is 15.7. The van der Waals surface area contributed by atoms with Gasteiger partial charge in [0.25, 0.3) is 5.91 Å². The fourth-order valence-electron chi connectivity index (χ4n) is 4.36. The Morgan fingerprint density at radius 3 is 2.40 bits per heavy atom. The number of carbonyl (C=O) groups excluding carboxylic acids is 2. The molecule has 4 rings (SSSR count). The number of benzene rings is 2. The van der Waals surface area contributed by atoms with E-state index in [4.69, 9.17) is 16.2 Å². The molecule has 10 nitrogen and oxygen atoms in total. The number of nitrogens with two attached hydrogens (primary N) is 2. The van der Waals surface area contributed by atoms with Crippen LogP contribution in [0.15, 0.2) is 36.4 Å². The van der Waals surface area contributed by atoms with Crippen molar-refractivity contribution in [3.8, 4) is 25.7 Å². The summed E-state index contributed by atoms with van der Waals surface area (Å²) in [7, 11) is 1.75. The number of aromatic nitrogens is 4. The van der Waals surface area contributed by atoms with E-state index >= 15 is 0 Å². The largest absolute Gasteiger partial charge is 0.466 e. The molecular formula is C31H36FN7O3. The van der Waals surface area contributed by atoms with Gasteiger partial charge in [0.05, 0.1) is 18.5 Å². The number of nitrogens with zero attached hydrogens (tertiary/aromatic N) is 5. The number of ether oxygens (including phenoxy) is 1. The monoisotopic (exact) mass is 573 g/mol. The second-order valence-corrected chi connectivity index (χ2v) is 9.27. The average Bonchev–Trinajstić information content (AvgIpc) is 3.43. The van der Waals surface area contributed by atoms with E-state index in [1.54, 1.807) is 50.1 Å². The minimum atomic E-state index is -0.490. The van der Waals surface area contributed by atoms with Crippen molar-refractivity contribution in [3.05, 3.63) is 64.7 Å². The third-order valence-corrected chi connectivity index (χ3v) is 6.37. The van der Waals surface area contributed by atoms with Gasteiger partial charge in [0.1, 0.15) is 5.82 Å². The molecule has 0 bridgehead atoms. The molecule has 1 amide bonds. The van der Waals surface area contributed by atoms with Crippen LogP contribution in [-0.2, 0) is 16.0 Å². The number of esters is 1. The highest BCUT2D eigenvalue weighted by molar-refractivity contribution is 5.94. The first-order chi connectivity index (χ1) is 20.2. The average molecular weight is 574 g/mol. The van der Waals surface area contributed by atoms with E-state index < -0.39 is 6.04 Å².